The first-order valence-electron chi connectivity index (χ1n) is 7.41. The molecule has 23 heavy (non-hydrogen) atoms. The van der Waals surface area contributed by atoms with Crippen molar-refractivity contribution < 1.29 is 23.1 Å². The van der Waals surface area contributed by atoms with Gasteiger partial charge in [-0.3, -0.25) is 9.59 Å². The van der Waals surface area contributed by atoms with Gasteiger partial charge in [0.15, 0.2) is 0 Å². The highest BCUT2D eigenvalue weighted by Gasteiger charge is 2.39. The first-order valence-corrected chi connectivity index (χ1v) is 8.85. The number of sulfonamides is 1. The van der Waals surface area contributed by atoms with Crippen LogP contribution in [0.25, 0.3) is 0 Å². The van der Waals surface area contributed by atoms with Crippen LogP contribution in [0.2, 0.25) is 0 Å². The summed E-state index contributed by atoms with van der Waals surface area (Å²) in [5, 5.41) is 11.3. The highest BCUT2D eigenvalue weighted by atomic mass is 32.2. The fraction of sp³-hybridized carbons (Fsp3) is 0.467. The summed E-state index contributed by atoms with van der Waals surface area (Å²) in [4.78, 5) is 23.1. The van der Waals surface area contributed by atoms with E-state index in [4.69, 9.17) is 5.11 Å². The summed E-state index contributed by atoms with van der Waals surface area (Å²) in [6.45, 7) is 1.86. The zero-order chi connectivity index (χ0) is 17.0. The average Bonchev–Trinajstić information content (AvgIpc) is 2.97. The second kappa shape index (κ2) is 7.10. The number of nitrogens with one attached hydrogen (secondary N) is 1. The lowest BCUT2D eigenvalue weighted by Crippen LogP contribution is -2.48. The Morgan fingerprint density at radius 3 is 2.61 bits per heavy atom. The molecule has 0 saturated carbocycles. The van der Waals surface area contributed by atoms with Gasteiger partial charge in [-0.05, 0) is 31.9 Å². The van der Waals surface area contributed by atoms with Crippen molar-refractivity contribution in [2.24, 2.45) is 0 Å². The molecule has 126 valence electrons. The molecule has 7 nitrogen and oxygen atoms in total. The predicted molar refractivity (Wildman–Crippen MR) is 83.2 cm³/mol. The minimum absolute atomic E-state index is 0.151. The number of aliphatic carboxylic acids is 1. The Bertz CT molecular complexity index is 674. The van der Waals surface area contributed by atoms with E-state index in [0.717, 1.165) is 0 Å². The number of rotatable bonds is 6. The van der Waals surface area contributed by atoms with E-state index >= 15 is 0 Å². The minimum atomic E-state index is -3.74. The Hall–Kier alpha value is -1.93. The van der Waals surface area contributed by atoms with Gasteiger partial charge < -0.3 is 10.4 Å². The van der Waals surface area contributed by atoms with Crippen molar-refractivity contribution in [1.82, 2.24) is 9.62 Å². The van der Waals surface area contributed by atoms with Crippen LogP contribution < -0.4 is 5.32 Å². The molecule has 1 aliphatic rings. The first kappa shape index (κ1) is 17.4. The van der Waals surface area contributed by atoms with Crippen LogP contribution in [0.5, 0.6) is 0 Å². The molecule has 0 bridgehead atoms. The van der Waals surface area contributed by atoms with E-state index in [1.165, 1.54) is 16.4 Å². The maximum atomic E-state index is 12.7. The van der Waals surface area contributed by atoms with E-state index in [1.807, 2.05) is 0 Å². The standard InChI is InChI=1S/C15H20N2O5S/c1-11(10-14(18)19)16-15(20)13-8-5-9-17(13)23(21,22)12-6-3-2-4-7-12/h2-4,6-7,11,13H,5,8-10H2,1H3,(H,16,20)(H,18,19). The van der Waals surface area contributed by atoms with E-state index in [1.54, 1.807) is 25.1 Å². The summed E-state index contributed by atoms with van der Waals surface area (Å²) in [5.74, 6) is -1.46. The van der Waals surface area contributed by atoms with Gasteiger partial charge in [-0.15, -0.1) is 0 Å². The maximum Gasteiger partial charge on any atom is 0.305 e. The largest absolute Gasteiger partial charge is 0.481 e. The van der Waals surface area contributed by atoms with Crippen LogP contribution in [-0.4, -0.2) is 48.3 Å². The molecule has 0 spiro atoms. The van der Waals surface area contributed by atoms with Crippen LogP contribution in [0, 0.1) is 0 Å². The van der Waals surface area contributed by atoms with Crippen LogP contribution in [-0.2, 0) is 19.6 Å². The highest BCUT2D eigenvalue weighted by Crippen LogP contribution is 2.26. The van der Waals surface area contributed by atoms with Gasteiger partial charge in [0.05, 0.1) is 11.3 Å². The van der Waals surface area contributed by atoms with Crippen molar-refractivity contribution in [2.75, 3.05) is 6.54 Å². The molecule has 1 heterocycles. The van der Waals surface area contributed by atoms with Crippen molar-refractivity contribution in [2.45, 2.75) is 43.2 Å². The zero-order valence-corrected chi connectivity index (χ0v) is 13.6. The van der Waals surface area contributed by atoms with Gasteiger partial charge in [-0.25, -0.2) is 8.42 Å². The van der Waals surface area contributed by atoms with Gasteiger partial charge in [0.2, 0.25) is 15.9 Å². The van der Waals surface area contributed by atoms with E-state index in [2.05, 4.69) is 5.32 Å². The Morgan fingerprint density at radius 1 is 1.35 bits per heavy atom. The molecule has 8 heteroatoms. The number of nitrogens with zero attached hydrogens (tertiary/aromatic N) is 1. The lowest BCUT2D eigenvalue weighted by atomic mass is 10.2. The Labute approximate surface area is 135 Å². The monoisotopic (exact) mass is 340 g/mol. The molecular weight excluding hydrogens is 320 g/mol. The Balaban J connectivity index is 2.14. The van der Waals surface area contributed by atoms with Crippen molar-refractivity contribution in [1.29, 1.82) is 0 Å². The number of carboxylic acid groups (broad SMARTS) is 1. The van der Waals surface area contributed by atoms with Crippen molar-refractivity contribution >= 4 is 21.9 Å². The molecule has 2 N–H and O–H groups in total. The topological polar surface area (TPSA) is 104 Å². The van der Waals surface area contributed by atoms with Crippen LogP contribution >= 0.6 is 0 Å². The molecule has 2 unspecified atom stereocenters. The molecule has 0 aliphatic carbocycles. The van der Waals surface area contributed by atoms with Crippen LogP contribution in [0.4, 0.5) is 0 Å². The van der Waals surface area contributed by atoms with Crippen LogP contribution in [0.3, 0.4) is 0 Å². The number of amides is 1. The third-order valence-electron chi connectivity index (χ3n) is 3.73. The molecule has 2 rings (SSSR count). The van der Waals surface area contributed by atoms with Crippen molar-refractivity contribution in [3.05, 3.63) is 30.3 Å². The van der Waals surface area contributed by atoms with E-state index in [9.17, 15) is 18.0 Å². The summed E-state index contributed by atoms with van der Waals surface area (Å²) in [6.07, 6.45) is 0.818. The second-order valence-corrected chi connectivity index (χ2v) is 7.48. The van der Waals surface area contributed by atoms with Crippen molar-refractivity contribution in [3.63, 3.8) is 0 Å². The smallest absolute Gasteiger partial charge is 0.305 e. The highest BCUT2D eigenvalue weighted by molar-refractivity contribution is 7.89. The number of carbonyl (C=O) groups excluding carboxylic acids is 1. The molecule has 2 atom stereocenters. The average molecular weight is 340 g/mol. The lowest BCUT2D eigenvalue weighted by molar-refractivity contribution is -0.137. The minimum Gasteiger partial charge on any atom is -0.481 e. The second-order valence-electron chi connectivity index (χ2n) is 5.59. The van der Waals surface area contributed by atoms with Gasteiger partial charge in [0.25, 0.3) is 0 Å². The first-order chi connectivity index (χ1) is 10.8. The molecular formula is C15H20N2O5S. The van der Waals surface area contributed by atoms with E-state index in [0.29, 0.717) is 12.8 Å². The fourth-order valence-electron chi connectivity index (χ4n) is 2.67. The van der Waals surface area contributed by atoms with Gasteiger partial charge >= 0.3 is 5.97 Å². The predicted octanol–water partition coefficient (Wildman–Crippen LogP) is 0.819. The van der Waals surface area contributed by atoms with Gasteiger partial charge in [0, 0.05) is 12.6 Å². The summed E-state index contributed by atoms with van der Waals surface area (Å²) < 4.78 is 26.5. The van der Waals surface area contributed by atoms with Gasteiger partial charge in [-0.1, -0.05) is 18.2 Å². The SMILES string of the molecule is CC(CC(=O)O)NC(=O)C1CCCN1S(=O)(=O)c1ccccc1. The van der Waals surface area contributed by atoms with Gasteiger partial charge in [-0.2, -0.15) is 4.31 Å². The summed E-state index contributed by atoms with van der Waals surface area (Å²) in [6, 6.07) is 6.63. The molecule has 1 aliphatic heterocycles. The Morgan fingerprint density at radius 2 is 2.00 bits per heavy atom. The number of hydrogen-bond donors (Lipinski definition) is 2. The van der Waals surface area contributed by atoms with Crippen LogP contribution in [0.15, 0.2) is 35.2 Å². The van der Waals surface area contributed by atoms with E-state index in [-0.39, 0.29) is 17.9 Å². The van der Waals surface area contributed by atoms with Crippen molar-refractivity contribution in [3.8, 4) is 0 Å². The summed E-state index contributed by atoms with van der Waals surface area (Å²) in [5.41, 5.74) is 0. The third kappa shape index (κ3) is 4.08. The van der Waals surface area contributed by atoms with Gasteiger partial charge in [0.1, 0.15) is 6.04 Å². The number of carbonyl (C=O) groups is 2. The summed E-state index contributed by atoms with van der Waals surface area (Å²) >= 11 is 0. The molecule has 1 amide bonds. The quantitative estimate of drug-likeness (QED) is 0.798. The molecule has 0 radical (unpaired) electrons. The molecule has 0 aromatic heterocycles. The maximum absolute atomic E-state index is 12.7. The normalized spacial score (nSPS) is 20.1. The number of benzene rings is 1. The molecule has 1 saturated heterocycles. The molecule has 1 fully saturated rings. The van der Waals surface area contributed by atoms with Crippen LogP contribution in [0.1, 0.15) is 26.2 Å². The number of hydrogen-bond acceptors (Lipinski definition) is 4. The third-order valence-corrected chi connectivity index (χ3v) is 5.65. The number of carboxylic acids is 1. The fourth-order valence-corrected chi connectivity index (χ4v) is 4.35. The zero-order valence-electron chi connectivity index (χ0n) is 12.8. The summed E-state index contributed by atoms with van der Waals surface area (Å²) in [7, 11) is -3.74. The van der Waals surface area contributed by atoms with E-state index < -0.39 is 34.0 Å². The Kier molecular flexibility index (Phi) is 5.38. The molecule has 1 aromatic carbocycles. The molecule has 1 aromatic rings. The lowest BCUT2D eigenvalue weighted by Gasteiger charge is -2.24.